The van der Waals surface area contributed by atoms with E-state index in [2.05, 4.69) is 39.9 Å². The van der Waals surface area contributed by atoms with Gasteiger partial charge in [-0.15, -0.1) is 0 Å². The van der Waals surface area contributed by atoms with Crippen molar-refractivity contribution in [3.05, 3.63) is 0 Å². The standard InChI is InChI=1S/C17H33NO/c1-16(2,3)13-6-8-14(9-7-13)18-15-10-11-19-17(4,5)12-15/h13-15,18H,6-12H2,1-5H3. The molecule has 2 nitrogen and oxygen atoms in total. The van der Waals surface area contributed by atoms with Gasteiger partial charge in [-0.05, 0) is 63.7 Å². The van der Waals surface area contributed by atoms with Crippen molar-refractivity contribution in [3.8, 4) is 0 Å². The Bertz CT molecular complexity index is 284. The Morgan fingerprint density at radius 3 is 2.11 bits per heavy atom. The first-order chi connectivity index (χ1) is 8.76. The van der Waals surface area contributed by atoms with Gasteiger partial charge < -0.3 is 10.1 Å². The van der Waals surface area contributed by atoms with E-state index in [0.29, 0.717) is 11.5 Å². The summed E-state index contributed by atoms with van der Waals surface area (Å²) in [5.41, 5.74) is 0.560. The summed E-state index contributed by atoms with van der Waals surface area (Å²) >= 11 is 0. The van der Waals surface area contributed by atoms with Crippen molar-refractivity contribution in [1.29, 1.82) is 0 Å². The zero-order valence-electron chi connectivity index (χ0n) is 13.6. The van der Waals surface area contributed by atoms with E-state index in [4.69, 9.17) is 4.74 Å². The molecular weight excluding hydrogens is 234 g/mol. The summed E-state index contributed by atoms with van der Waals surface area (Å²) in [7, 11) is 0. The van der Waals surface area contributed by atoms with E-state index >= 15 is 0 Å². The van der Waals surface area contributed by atoms with E-state index in [1.807, 2.05) is 0 Å². The molecule has 0 aromatic heterocycles. The molecule has 1 heterocycles. The minimum atomic E-state index is 0.0680. The van der Waals surface area contributed by atoms with Crippen molar-refractivity contribution in [2.24, 2.45) is 11.3 Å². The summed E-state index contributed by atoms with van der Waals surface area (Å²) in [5.74, 6) is 0.914. The van der Waals surface area contributed by atoms with Crippen LogP contribution in [0.3, 0.4) is 0 Å². The summed E-state index contributed by atoms with van der Waals surface area (Å²) < 4.78 is 5.81. The van der Waals surface area contributed by atoms with Crippen LogP contribution in [0.1, 0.15) is 73.1 Å². The second kappa shape index (κ2) is 5.73. The highest BCUT2D eigenvalue weighted by Gasteiger charge is 2.33. The molecule has 0 radical (unpaired) electrons. The van der Waals surface area contributed by atoms with Crippen molar-refractivity contribution in [2.45, 2.75) is 90.8 Å². The summed E-state index contributed by atoms with van der Waals surface area (Å²) in [6.45, 7) is 12.5. The third-order valence-electron chi connectivity index (χ3n) is 5.12. The molecule has 1 saturated carbocycles. The fourth-order valence-electron chi connectivity index (χ4n) is 3.83. The van der Waals surface area contributed by atoms with Crippen LogP contribution in [-0.4, -0.2) is 24.3 Å². The van der Waals surface area contributed by atoms with E-state index < -0.39 is 0 Å². The SMILES string of the molecule is CC1(C)CC(NC2CCC(C(C)(C)C)CC2)CCO1. The first-order valence-electron chi connectivity index (χ1n) is 8.16. The van der Waals surface area contributed by atoms with Crippen LogP contribution in [0, 0.1) is 11.3 Å². The van der Waals surface area contributed by atoms with Gasteiger partial charge in [0, 0.05) is 18.7 Å². The van der Waals surface area contributed by atoms with Crippen molar-refractivity contribution in [2.75, 3.05) is 6.61 Å². The molecule has 2 rings (SSSR count). The molecule has 0 aromatic rings. The lowest BCUT2D eigenvalue weighted by Crippen LogP contribution is -2.48. The third kappa shape index (κ3) is 4.46. The molecule has 1 saturated heterocycles. The average Bonchev–Trinajstić information content (AvgIpc) is 2.27. The van der Waals surface area contributed by atoms with Crippen molar-refractivity contribution in [1.82, 2.24) is 5.32 Å². The average molecular weight is 267 g/mol. The Morgan fingerprint density at radius 1 is 0.947 bits per heavy atom. The molecule has 1 unspecified atom stereocenters. The molecule has 0 spiro atoms. The summed E-state index contributed by atoms with van der Waals surface area (Å²) in [5, 5.41) is 3.91. The Labute approximate surface area is 119 Å². The molecule has 2 fully saturated rings. The molecule has 1 atom stereocenters. The summed E-state index contributed by atoms with van der Waals surface area (Å²) in [6, 6.07) is 1.41. The first-order valence-corrected chi connectivity index (χ1v) is 8.16. The molecule has 2 aliphatic rings. The van der Waals surface area contributed by atoms with E-state index in [9.17, 15) is 0 Å². The largest absolute Gasteiger partial charge is 0.375 e. The van der Waals surface area contributed by atoms with Gasteiger partial charge in [-0.3, -0.25) is 0 Å². The molecular formula is C17H33NO. The molecule has 0 bridgehead atoms. The zero-order valence-corrected chi connectivity index (χ0v) is 13.6. The lowest BCUT2D eigenvalue weighted by atomic mass is 9.71. The lowest BCUT2D eigenvalue weighted by Gasteiger charge is -2.41. The minimum absolute atomic E-state index is 0.0680. The van der Waals surface area contributed by atoms with Crippen LogP contribution in [0.5, 0.6) is 0 Å². The minimum Gasteiger partial charge on any atom is -0.375 e. The predicted molar refractivity (Wildman–Crippen MR) is 81.4 cm³/mol. The van der Waals surface area contributed by atoms with Crippen LogP contribution >= 0.6 is 0 Å². The summed E-state index contributed by atoms with van der Waals surface area (Å²) in [4.78, 5) is 0. The molecule has 0 amide bonds. The van der Waals surface area contributed by atoms with Gasteiger partial charge in [-0.2, -0.15) is 0 Å². The van der Waals surface area contributed by atoms with Gasteiger partial charge in [0.25, 0.3) is 0 Å². The van der Waals surface area contributed by atoms with Gasteiger partial charge in [0.05, 0.1) is 5.60 Å². The lowest BCUT2D eigenvalue weighted by molar-refractivity contribution is -0.0649. The molecule has 2 heteroatoms. The quantitative estimate of drug-likeness (QED) is 0.812. The van der Waals surface area contributed by atoms with E-state index in [0.717, 1.165) is 25.0 Å². The molecule has 1 aliphatic heterocycles. The molecule has 1 N–H and O–H groups in total. The third-order valence-corrected chi connectivity index (χ3v) is 5.12. The van der Waals surface area contributed by atoms with Gasteiger partial charge in [0.2, 0.25) is 0 Å². The van der Waals surface area contributed by atoms with Crippen LogP contribution in [-0.2, 0) is 4.74 Å². The maximum atomic E-state index is 5.81. The maximum Gasteiger partial charge on any atom is 0.0641 e. The van der Waals surface area contributed by atoms with E-state index in [-0.39, 0.29) is 5.60 Å². The Balaban J connectivity index is 1.77. The van der Waals surface area contributed by atoms with Gasteiger partial charge >= 0.3 is 0 Å². The van der Waals surface area contributed by atoms with Crippen molar-refractivity contribution < 1.29 is 4.74 Å². The topological polar surface area (TPSA) is 21.3 Å². The Kier molecular flexibility index (Phi) is 4.62. The molecule has 112 valence electrons. The highest BCUT2D eigenvalue weighted by atomic mass is 16.5. The number of rotatable bonds is 2. The first kappa shape index (κ1) is 15.3. The van der Waals surface area contributed by atoms with Crippen molar-refractivity contribution >= 4 is 0 Å². The fraction of sp³-hybridized carbons (Fsp3) is 1.00. The number of ether oxygens (including phenoxy) is 1. The van der Waals surface area contributed by atoms with Crippen LogP contribution in [0.4, 0.5) is 0 Å². The van der Waals surface area contributed by atoms with Crippen LogP contribution < -0.4 is 5.32 Å². The highest BCUT2D eigenvalue weighted by Crippen LogP contribution is 2.38. The van der Waals surface area contributed by atoms with Crippen LogP contribution in [0.2, 0.25) is 0 Å². The van der Waals surface area contributed by atoms with Crippen molar-refractivity contribution in [3.63, 3.8) is 0 Å². The second-order valence-corrected chi connectivity index (χ2v) is 8.38. The van der Waals surface area contributed by atoms with Gasteiger partial charge in [-0.1, -0.05) is 20.8 Å². The van der Waals surface area contributed by atoms with E-state index in [1.165, 1.54) is 32.1 Å². The fourth-order valence-corrected chi connectivity index (χ4v) is 3.83. The van der Waals surface area contributed by atoms with Crippen LogP contribution in [0.25, 0.3) is 0 Å². The zero-order chi connectivity index (χ0) is 14.1. The van der Waals surface area contributed by atoms with Gasteiger partial charge in [-0.25, -0.2) is 0 Å². The van der Waals surface area contributed by atoms with Gasteiger partial charge in [0.15, 0.2) is 0 Å². The highest BCUT2D eigenvalue weighted by molar-refractivity contribution is 4.88. The molecule has 0 aromatic carbocycles. The van der Waals surface area contributed by atoms with Gasteiger partial charge in [0.1, 0.15) is 0 Å². The number of nitrogens with one attached hydrogen (secondary N) is 1. The normalized spacial score (nSPS) is 36.2. The molecule has 1 aliphatic carbocycles. The number of hydrogen-bond donors (Lipinski definition) is 1. The monoisotopic (exact) mass is 267 g/mol. The maximum absolute atomic E-state index is 5.81. The number of hydrogen-bond acceptors (Lipinski definition) is 2. The Hall–Kier alpha value is -0.0800. The smallest absolute Gasteiger partial charge is 0.0641 e. The Morgan fingerprint density at radius 2 is 1.58 bits per heavy atom. The summed E-state index contributed by atoms with van der Waals surface area (Å²) in [6.07, 6.45) is 7.86. The molecule has 19 heavy (non-hydrogen) atoms. The van der Waals surface area contributed by atoms with Crippen LogP contribution in [0.15, 0.2) is 0 Å². The van der Waals surface area contributed by atoms with E-state index in [1.54, 1.807) is 0 Å². The second-order valence-electron chi connectivity index (χ2n) is 8.38. The predicted octanol–water partition coefficient (Wildman–Crippen LogP) is 4.14.